The molecule has 4 N–H and O–H groups in total. The van der Waals surface area contributed by atoms with Crippen molar-refractivity contribution in [2.24, 2.45) is 5.92 Å². The lowest BCUT2D eigenvalue weighted by molar-refractivity contribution is 0.00432. The van der Waals surface area contributed by atoms with E-state index in [0.29, 0.717) is 18.5 Å². The van der Waals surface area contributed by atoms with Crippen LogP contribution < -0.4 is 16.2 Å². The van der Waals surface area contributed by atoms with E-state index in [-0.39, 0.29) is 0 Å². The van der Waals surface area contributed by atoms with Crippen molar-refractivity contribution in [2.45, 2.75) is 43.7 Å². The summed E-state index contributed by atoms with van der Waals surface area (Å²) < 4.78 is 0. The summed E-state index contributed by atoms with van der Waals surface area (Å²) >= 11 is 0. The molecular weight excluding hydrogens is 310 g/mol. The molecule has 2 unspecified atom stereocenters. The van der Waals surface area contributed by atoms with Crippen LogP contribution in [0.4, 0.5) is 0 Å². The van der Waals surface area contributed by atoms with Crippen LogP contribution in [0.25, 0.3) is 10.8 Å². The average Bonchev–Trinajstić information content (AvgIpc) is 3.10. The zero-order valence-electron chi connectivity index (χ0n) is 14.8. The predicted octanol–water partition coefficient (Wildman–Crippen LogP) is 2.89. The predicted molar refractivity (Wildman–Crippen MR) is 102 cm³/mol. The van der Waals surface area contributed by atoms with Gasteiger partial charge in [-0.1, -0.05) is 61.7 Å². The van der Waals surface area contributed by atoms with Crippen molar-refractivity contribution in [3.8, 4) is 0 Å². The van der Waals surface area contributed by atoms with Gasteiger partial charge in [0.25, 0.3) is 0 Å². The summed E-state index contributed by atoms with van der Waals surface area (Å²) in [5, 5.41) is 16.8. The number of hydrazine groups is 1. The summed E-state index contributed by atoms with van der Waals surface area (Å²) in [6.07, 6.45) is 5.45. The second kappa shape index (κ2) is 7.42. The highest BCUT2D eigenvalue weighted by molar-refractivity contribution is 5.86. The van der Waals surface area contributed by atoms with Gasteiger partial charge < -0.3 is 10.4 Å². The minimum absolute atomic E-state index is 0.291. The molecule has 1 aliphatic carbocycles. The maximum atomic E-state index is 10.7. The largest absolute Gasteiger partial charge is 0.389 e. The van der Waals surface area contributed by atoms with Crippen LogP contribution in [0.15, 0.2) is 42.5 Å². The maximum absolute atomic E-state index is 10.7. The molecule has 0 amide bonds. The molecule has 2 aliphatic rings. The van der Waals surface area contributed by atoms with E-state index in [1.807, 2.05) is 0 Å². The monoisotopic (exact) mass is 339 g/mol. The molecule has 4 nitrogen and oxygen atoms in total. The Morgan fingerprint density at radius 3 is 2.72 bits per heavy atom. The highest BCUT2D eigenvalue weighted by atomic mass is 16.3. The lowest BCUT2D eigenvalue weighted by Gasteiger charge is -2.33. The molecule has 0 aromatic heterocycles. The number of rotatable bonds is 5. The van der Waals surface area contributed by atoms with Crippen LogP contribution in [0, 0.1) is 5.92 Å². The maximum Gasteiger partial charge on any atom is 0.0771 e. The first-order valence-corrected chi connectivity index (χ1v) is 9.64. The van der Waals surface area contributed by atoms with Gasteiger partial charge in [0.15, 0.2) is 0 Å². The molecule has 1 saturated heterocycles. The van der Waals surface area contributed by atoms with Crippen molar-refractivity contribution in [1.82, 2.24) is 16.2 Å². The van der Waals surface area contributed by atoms with Crippen LogP contribution in [0.2, 0.25) is 0 Å². The Bertz CT molecular complexity index is 706. The van der Waals surface area contributed by atoms with Crippen LogP contribution >= 0.6 is 0 Å². The Morgan fingerprint density at radius 2 is 1.84 bits per heavy atom. The van der Waals surface area contributed by atoms with Gasteiger partial charge in [-0.25, -0.2) is 5.43 Å². The van der Waals surface area contributed by atoms with Crippen LogP contribution in [-0.4, -0.2) is 30.3 Å². The highest BCUT2D eigenvalue weighted by Crippen LogP contribution is 2.31. The molecule has 134 valence electrons. The lowest BCUT2D eigenvalue weighted by Crippen LogP contribution is -2.44. The zero-order valence-corrected chi connectivity index (χ0v) is 14.8. The van der Waals surface area contributed by atoms with Gasteiger partial charge in [0.05, 0.1) is 11.6 Å². The average molecular weight is 339 g/mol. The quantitative estimate of drug-likeness (QED) is 0.677. The van der Waals surface area contributed by atoms with Gasteiger partial charge in [0, 0.05) is 25.6 Å². The van der Waals surface area contributed by atoms with Gasteiger partial charge in [-0.3, -0.25) is 5.43 Å². The third-order valence-corrected chi connectivity index (χ3v) is 5.90. The molecule has 2 atom stereocenters. The van der Waals surface area contributed by atoms with Crippen LogP contribution in [-0.2, 0) is 0 Å². The number of hydrogen-bond donors (Lipinski definition) is 4. The van der Waals surface area contributed by atoms with Crippen molar-refractivity contribution in [3.05, 3.63) is 48.0 Å². The molecule has 4 rings (SSSR count). The molecule has 2 aromatic carbocycles. The summed E-state index contributed by atoms with van der Waals surface area (Å²) in [4.78, 5) is 0. The standard InChI is InChI=1S/C21H29N3O/c25-21(11-4-1-5-12-21)15-22-13-17-14-23-24-20(17)19-10-6-8-16-7-2-3-9-18(16)19/h2-3,6-10,17,20,22-25H,1,4-5,11-15H2. The fraction of sp³-hybridized carbons (Fsp3) is 0.524. The van der Waals surface area contributed by atoms with Crippen molar-refractivity contribution in [2.75, 3.05) is 19.6 Å². The molecule has 0 spiro atoms. The normalized spacial score (nSPS) is 26.1. The van der Waals surface area contributed by atoms with E-state index in [1.165, 1.54) is 22.8 Å². The van der Waals surface area contributed by atoms with E-state index < -0.39 is 5.60 Å². The number of fused-ring (bicyclic) bond motifs is 1. The van der Waals surface area contributed by atoms with Gasteiger partial charge in [-0.05, 0) is 29.2 Å². The molecule has 1 saturated carbocycles. The summed E-state index contributed by atoms with van der Waals surface area (Å²) in [7, 11) is 0. The minimum atomic E-state index is -0.493. The van der Waals surface area contributed by atoms with E-state index >= 15 is 0 Å². The first-order valence-electron chi connectivity index (χ1n) is 9.64. The first kappa shape index (κ1) is 17.0. The Labute approximate surface area is 150 Å². The molecule has 4 heteroatoms. The smallest absolute Gasteiger partial charge is 0.0771 e. The van der Waals surface area contributed by atoms with Gasteiger partial charge in [-0.2, -0.15) is 0 Å². The van der Waals surface area contributed by atoms with E-state index in [9.17, 15) is 5.11 Å². The fourth-order valence-corrected chi connectivity index (χ4v) is 4.46. The summed E-state index contributed by atoms with van der Waals surface area (Å²) in [5.74, 6) is 0.470. The van der Waals surface area contributed by atoms with Gasteiger partial charge in [0.2, 0.25) is 0 Å². The second-order valence-corrected chi connectivity index (χ2v) is 7.75. The Morgan fingerprint density at radius 1 is 1.04 bits per heavy atom. The number of hydrogen-bond acceptors (Lipinski definition) is 4. The molecule has 1 heterocycles. The van der Waals surface area contributed by atoms with Crippen molar-refractivity contribution < 1.29 is 5.11 Å². The summed E-state index contributed by atoms with van der Waals surface area (Å²) in [5.41, 5.74) is 7.65. The third kappa shape index (κ3) is 3.72. The van der Waals surface area contributed by atoms with Crippen molar-refractivity contribution in [1.29, 1.82) is 0 Å². The van der Waals surface area contributed by atoms with Gasteiger partial charge in [-0.15, -0.1) is 0 Å². The van der Waals surface area contributed by atoms with Crippen LogP contribution in [0.1, 0.15) is 43.7 Å². The van der Waals surface area contributed by atoms with Gasteiger partial charge >= 0.3 is 0 Å². The van der Waals surface area contributed by atoms with Crippen molar-refractivity contribution in [3.63, 3.8) is 0 Å². The molecular formula is C21H29N3O. The highest BCUT2D eigenvalue weighted by Gasteiger charge is 2.32. The summed E-state index contributed by atoms with van der Waals surface area (Å²) in [6.45, 7) is 2.57. The molecule has 2 fully saturated rings. The zero-order chi connectivity index (χ0) is 17.1. The summed E-state index contributed by atoms with van der Waals surface area (Å²) in [6, 6.07) is 15.4. The Balaban J connectivity index is 1.43. The third-order valence-electron chi connectivity index (χ3n) is 5.90. The minimum Gasteiger partial charge on any atom is -0.389 e. The Hall–Kier alpha value is -1.46. The van der Waals surface area contributed by atoms with E-state index in [1.54, 1.807) is 0 Å². The SMILES string of the molecule is OC1(CNCC2CNNC2c2cccc3ccccc23)CCCCC1. The fourth-order valence-electron chi connectivity index (χ4n) is 4.46. The number of benzene rings is 2. The molecule has 2 aromatic rings. The first-order chi connectivity index (χ1) is 12.3. The van der Waals surface area contributed by atoms with E-state index in [0.717, 1.165) is 38.8 Å². The second-order valence-electron chi connectivity index (χ2n) is 7.75. The topological polar surface area (TPSA) is 56.3 Å². The number of nitrogens with one attached hydrogen (secondary N) is 3. The van der Waals surface area contributed by atoms with E-state index in [4.69, 9.17) is 0 Å². The van der Waals surface area contributed by atoms with Crippen LogP contribution in [0.3, 0.4) is 0 Å². The lowest BCUT2D eigenvalue weighted by atomic mass is 9.84. The molecule has 25 heavy (non-hydrogen) atoms. The van der Waals surface area contributed by atoms with Crippen molar-refractivity contribution >= 4 is 10.8 Å². The molecule has 0 radical (unpaired) electrons. The molecule has 0 bridgehead atoms. The number of aliphatic hydroxyl groups is 1. The van der Waals surface area contributed by atoms with E-state index in [2.05, 4.69) is 58.6 Å². The van der Waals surface area contributed by atoms with Gasteiger partial charge in [0.1, 0.15) is 0 Å². The Kier molecular flexibility index (Phi) is 5.04. The molecule has 1 aliphatic heterocycles. The van der Waals surface area contributed by atoms with Crippen LogP contribution in [0.5, 0.6) is 0 Å².